The molecule has 0 bridgehead atoms. The minimum atomic E-state index is -0.784. The molecule has 0 aromatic heterocycles. The third-order valence-electron chi connectivity index (χ3n) is 10.1. The van der Waals surface area contributed by atoms with Crippen molar-refractivity contribution in [3.05, 3.63) is 60.8 Å². The summed E-state index contributed by atoms with van der Waals surface area (Å²) >= 11 is 0. The van der Waals surface area contributed by atoms with Crippen molar-refractivity contribution in [2.24, 2.45) is 0 Å². The average Bonchev–Trinajstić information content (AvgIpc) is 3.21. The van der Waals surface area contributed by atoms with Crippen LogP contribution >= 0.6 is 0 Å². The summed E-state index contributed by atoms with van der Waals surface area (Å²) in [6, 6.07) is 0. The molecule has 0 fully saturated rings. The Hall–Kier alpha value is -2.89. The van der Waals surface area contributed by atoms with Crippen molar-refractivity contribution >= 4 is 17.9 Å². The smallest absolute Gasteiger partial charge is 0.306 e. The molecule has 328 valence electrons. The fraction of sp³-hybridized carbons (Fsp3) is 0.745. The molecule has 0 rings (SSSR count). The Morgan fingerprint density at radius 2 is 0.667 bits per heavy atom. The van der Waals surface area contributed by atoms with Crippen LogP contribution in [-0.2, 0) is 28.6 Å². The molecule has 0 radical (unpaired) electrons. The summed E-state index contributed by atoms with van der Waals surface area (Å²) in [6.45, 7) is 6.51. The van der Waals surface area contributed by atoms with Gasteiger partial charge >= 0.3 is 17.9 Å². The van der Waals surface area contributed by atoms with Crippen LogP contribution in [0.5, 0.6) is 0 Å². The van der Waals surface area contributed by atoms with Gasteiger partial charge in [0.25, 0.3) is 0 Å². The number of hydrogen-bond donors (Lipinski definition) is 0. The van der Waals surface area contributed by atoms with Gasteiger partial charge in [-0.1, -0.05) is 204 Å². The van der Waals surface area contributed by atoms with Gasteiger partial charge in [-0.15, -0.1) is 0 Å². The Labute approximate surface area is 351 Å². The number of carbonyl (C=O) groups excluding carboxylic acids is 3. The lowest BCUT2D eigenvalue weighted by Crippen LogP contribution is -2.30. The Balaban J connectivity index is 4.39. The number of ether oxygens (including phenoxy) is 3. The van der Waals surface area contributed by atoms with Gasteiger partial charge in [0.2, 0.25) is 0 Å². The van der Waals surface area contributed by atoms with Crippen molar-refractivity contribution in [2.45, 2.75) is 232 Å². The molecule has 0 aromatic rings. The molecule has 0 N–H and O–H groups in total. The molecule has 0 spiro atoms. The van der Waals surface area contributed by atoms with E-state index in [-0.39, 0.29) is 31.1 Å². The lowest BCUT2D eigenvalue weighted by atomic mass is 10.1. The highest BCUT2D eigenvalue weighted by molar-refractivity contribution is 5.71. The number of carbonyl (C=O) groups is 3. The summed E-state index contributed by atoms with van der Waals surface area (Å²) in [5.74, 6) is -0.921. The van der Waals surface area contributed by atoms with E-state index in [4.69, 9.17) is 14.2 Å². The van der Waals surface area contributed by atoms with Gasteiger partial charge in [-0.25, -0.2) is 0 Å². The first-order valence-electron chi connectivity index (χ1n) is 23.8. The molecule has 6 heteroatoms. The summed E-state index contributed by atoms with van der Waals surface area (Å²) in [5, 5.41) is 0. The van der Waals surface area contributed by atoms with Gasteiger partial charge in [0.1, 0.15) is 13.2 Å². The van der Waals surface area contributed by atoms with Crippen LogP contribution in [0.4, 0.5) is 0 Å². The fourth-order valence-electron chi connectivity index (χ4n) is 6.43. The standard InChI is InChI=1S/C51H88O6/c1-4-7-10-13-16-19-22-23-24-25-26-27-28-30-32-35-38-41-44-50(53)56-47-48(46-55-49(52)43-40-37-34-31-21-18-15-12-9-6-3)57-51(54)45-42-39-36-33-29-20-17-14-11-8-5-2/h14,16-17,19,22-27,48H,4-13,15,18,20-21,28-47H2,1-3H3/b17-14-,19-16-,23-22-,25-24-,27-26-. The van der Waals surface area contributed by atoms with Crippen molar-refractivity contribution in [3.63, 3.8) is 0 Å². The number of allylic oxidation sites excluding steroid dienone is 10. The van der Waals surface area contributed by atoms with Crippen molar-refractivity contribution in [1.29, 1.82) is 0 Å². The number of esters is 3. The zero-order chi connectivity index (χ0) is 41.5. The first-order valence-corrected chi connectivity index (χ1v) is 23.8. The molecule has 0 saturated heterocycles. The first kappa shape index (κ1) is 54.1. The molecule has 0 saturated carbocycles. The molecule has 0 aliphatic carbocycles. The Morgan fingerprint density at radius 1 is 0.351 bits per heavy atom. The second-order valence-electron chi connectivity index (χ2n) is 15.8. The van der Waals surface area contributed by atoms with E-state index in [2.05, 4.69) is 81.5 Å². The predicted octanol–water partition coefficient (Wildman–Crippen LogP) is 15.3. The predicted molar refractivity (Wildman–Crippen MR) is 242 cm³/mol. The minimum Gasteiger partial charge on any atom is -0.462 e. The molecule has 0 amide bonds. The van der Waals surface area contributed by atoms with Gasteiger partial charge in [0.15, 0.2) is 6.10 Å². The SMILES string of the molecule is CCCC/C=C\CCCCCCCC(=O)OC(COC(=O)CCCCCCC\C=C/C=C\C=C/C=C\CCCCC)COC(=O)CCCCCCCCCCCC. The highest BCUT2D eigenvalue weighted by Crippen LogP contribution is 2.14. The second-order valence-corrected chi connectivity index (χ2v) is 15.8. The average molecular weight is 797 g/mol. The van der Waals surface area contributed by atoms with Crippen LogP contribution in [0.1, 0.15) is 226 Å². The summed E-state index contributed by atoms with van der Waals surface area (Å²) in [6.07, 6.45) is 54.8. The summed E-state index contributed by atoms with van der Waals surface area (Å²) in [4.78, 5) is 37.7. The van der Waals surface area contributed by atoms with E-state index >= 15 is 0 Å². The van der Waals surface area contributed by atoms with E-state index in [1.165, 1.54) is 89.9 Å². The van der Waals surface area contributed by atoms with Crippen LogP contribution in [-0.4, -0.2) is 37.2 Å². The van der Waals surface area contributed by atoms with Crippen molar-refractivity contribution in [1.82, 2.24) is 0 Å². The van der Waals surface area contributed by atoms with Gasteiger partial charge < -0.3 is 14.2 Å². The zero-order valence-corrected chi connectivity index (χ0v) is 37.3. The van der Waals surface area contributed by atoms with E-state index < -0.39 is 6.10 Å². The van der Waals surface area contributed by atoms with E-state index in [1.54, 1.807) is 0 Å². The van der Waals surface area contributed by atoms with Crippen LogP contribution < -0.4 is 0 Å². The number of unbranched alkanes of at least 4 members (excludes halogenated alkanes) is 24. The first-order chi connectivity index (χ1) is 28.0. The summed E-state index contributed by atoms with van der Waals surface area (Å²) in [7, 11) is 0. The van der Waals surface area contributed by atoms with Crippen LogP contribution in [0, 0.1) is 0 Å². The molecule has 1 atom stereocenters. The van der Waals surface area contributed by atoms with Crippen LogP contribution in [0.3, 0.4) is 0 Å². The lowest BCUT2D eigenvalue weighted by molar-refractivity contribution is -0.167. The summed E-state index contributed by atoms with van der Waals surface area (Å²) in [5.41, 5.74) is 0. The summed E-state index contributed by atoms with van der Waals surface area (Å²) < 4.78 is 16.7. The van der Waals surface area contributed by atoms with Crippen LogP contribution in [0.15, 0.2) is 60.8 Å². The van der Waals surface area contributed by atoms with Crippen molar-refractivity contribution < 1.29 is 28.6 Å². The zero-order valence-electron chi connectivity index (χ0n) is 37.3. The Bertz CT molecular complexity index is 1050. The van der Waals surface area contributed by atoms with E-state index in [1.807, 2.05) is 0 Å². The normalized spacial score (nSPS) is 12.5. The third kappa shape index (κ3) is 44.1. The van der Waals surface area contributed by atoms with Gasteiger partial charge in [-0.05, 0) is 64.2 Å². The van der Waals surface area contributed by atoms with E-state index in [9.17, 15) is 14.4 Å². The molecular formula is C51H88O6. The molecule has 0 heterocycles. The van der Waals surface area contributed by atoms with Crippen LogP contribution in [0.2, 0.25) is 0 Å². The molecule has 0 aliphatic rings. The quantitative estimate of drug-likeness (QED) is 0.0201. The molecule has 0 aromatic carbocycles. The number of hydrogen-bond acceptors (Lipinski definition) is 6. The van der Waals surface area contributed by atoms with E-state index in [0.717, 1.165) is 96.3 Å². The lowest BCUT2D eigenvalue weighted by Gasteiger charge is -2.18. The van der Waals surface area contributed by atoms with Gasteiger partial charge in [0.05, 0.1) is 0 Å². The largest absolute Gasteiger partial charge is 0.462 e. The van der Waals surface area contributed by atoms with Gasteiger partial charge in [-0.3, -0.25) is 14.4 Å². The monoisotopic (exact) mass is 797 g/mol. The molecule has 57 heavy (non-hydrogen) atoms. The second kappa shape index (κ2) is 45.8. The Kier molecular flexibility index (Phi) is 43.5. The van der Waals surface area contributed by atoms with E-state index in [0.29, 0.717) is 19.3 Å². The maximum atomic E-state index is 12.7. The van der Waals surface area contributed by atoms with Gasteiger partial charge in [0, 0.05) is 19.3 Å². The molecular weight excluding hydrogens is 709 g/mol. The maximum Gasteiger partial charge on any atom is 0.306 e. The molecule has 0 aliphatic heterocycles. The third-order valence-corrected chi connectivity index (χ3v) is 10.1. The highest BCUT2D eigenvalue weighted by atomic mass is 16.6. The molecule has 1 unspecified atom stereocenters. The fourth-order valence-corrected chi connectivity index (χ4v) is 6.43. The topological polar surface area (TPSA) is 78.9 Å². The van der Waals surface area contributed by atoms with Crippen LogP contribution in [0.25, 0.3) is 0 Å². The van der Waals surface area contributed by atoms with Gasteiger partial charge in [-0.2, -0.15) is 0 Å². The number of rotatable bonds is 42. The molecule has 6 nitrogen and oxygen atoms in total. The highest BCUT2D eigenvalue weighted by Gasteiger charge is 2.19. The minimum absolute atomic E-state index is 0.0845. The Morgan fingerprint density at radius 3 is 1.12 bits per heavy atom. The van der Waals surface area contributed by atoms with Crippen molar-refractivity contribution in [2.75, 3.05) is 13.2 Å². The maximum absolute atomic E-state index is 12.7. The van der Waals surface area contributed by atoms with Crippen molar-refractivity contribution in [3.8, 4) is 0 Å².